The molecule has 0 amide bonds. The predicted octanol–water partition coefficient (Wildman–Crippen LogP) is 5.68. The van der Waals surface area contributed by atoms with Gasteiger partial charge in [-0.1, -0.05) is 24.3 Å². The van der Waals surface area contributed by atoms with E-state index in [2.05, 4.69) is 43.4 Å². The molecule has 1 heterocycles. The molecule has 0 fully saturated rings. The number of ether oxygens (including phenoxy) is 2. The quantitative estimate of drug-likeness (QED) is 0.154. The Morgan fingerprint density at radius 3 is 2.55 bits per heavy atom. The monoisotopic (exact) mass is 540 g/mol. The van der Waals surface area contributed by atoms with Gasteiger partial charge in [0.25, 0.3) is 5.69 Å². The average molecular weight is 543 g/mol. The van der Waals surface area contributed by atoms with Gasteiger partial charge in [0.15, 0.2) is 5.70 Å². The largest absolute Gasteiger partial charge is 0.487 e. The van der Waals surface area contributed by atoms with Crippen molar-refractivity contribution in [1.29, 1.82) is 0 Å². The molecule has 0 bridgehead atoms. The van der Waals surface area contributed by atoms with E-state index in [0.29, 0.717) is 26.9 Å². The van der Waals surface area contributed by atoms with Crippen molar-refractivity contribution in [3.05, 3.63) is 83.9 Å². The molecule has 148 valence electrons. The van der Waals surface area contributed by atoms with E-state index in [1.54, 1.807) is 24.3 Å². The van der Waals surface area contributed by atoms with Crippen molar-refractivity contribution in [2.75, 3.05) is 6.61 Å². The number of aliphatic imine (C=N–C) groups is 1. The first-order valence-electron chi connectivity index (χ1n) is 7.99. The fourth-order valence-electron chi connectivity index (χ4n) is 2.42. The highest BCUT2D eigenvalue weighted by molar-refractivity contribution is 9.11. The van der Waals surface area contributed by atoms with Gasteiger partial charge in [-0.15, -0.1) is 0 Å². The lowest BCUT2D eigenvalue weighted by Crippen LogP contribution is -2.06. The highest BCUT2D eigenvalue weighted by Gasteiger charge is 2.26. The van der Waals surface area contributed by atoms with Crippen LogP contribution in [0.4, 0.5) is 5.69 Å². The Morgan fingerprint density at radius 2 is 1.97 bits per heavy atom. The Bertz CT molecular complexity index is 1070. The SMILES string of the molecule is C=CCOc1c(Br)cc(/C=C2\N=C(c3ccc([N+](=O)[O-])cc3Cl)OC2=O)cc1Br. The van der Waals surface area contributed by atoms with Crippen LogP contribution in [0.25, 0.3) is 6.08 Å². The lowest BCUT2D eigenvalue weighted by Gasteiger charge is -2.09. The van der Waals surface area contributed by atoms with Gasteiger partial charge in [0.05, 0.1) is 24.5 Å². The van der Waals surface area contributed by atoms with Crippen molar-refractivity contribution in [3.63, 3.8) is 0 Å². The van der Waals surface area contributed by atoms with Gasteiger partial charge in [-0.3, -0.25) is 10.1 Å². The molecule has 0 N–H and O–H groups in total. The summed E-state index contributed by atoms with van der Waals surface area (Å²) in [4.78, 5) is 26.7. The van der Waals surface area contributed by atoms with E-state index < -0.39 is 10.9 Å². The summed E-state index contributed by atoms with van der Waals surface area (Å²) in [7, 11) is 0. The number of hydrogen-bond acceptors (Lipinski definition) is 6. The molecule has 1 aliphatic heterocycles. The minimum Gasteiger partial charge on any atom is -0.487 e. The molecule has 0 saturated heterocycles. The van der Waals surface area contributed by atoms with Crippen LogP contribution in [0.1, 0.15) is 11.1 Å². The first-order chi connectivity index (χ1) is 13.8. The van der Waals surface area contributed by atoms with Gasteiger partial charge in [0, 0.05) is 12.1 Å². The minimum absolute atomic E-state index is 0.0229. The molecule has 2 aromatic carbocycles. The number of hydrogen-bond donors (Lipinski definition) is 0. The molecule has 3 rings (SSSR count). The molecule has 1 aliphatic rings. The van der Waals surface area contributed by atoms with E-state index in [9.17, 15) is 14.9 Å². The molecular formula is C19H11Br2ClN2O5. The standard InChI is InChI=1S/C19H11Br2ClN2O5/c1-2-5-28-17-13(20)6-10(7-14(17)21)8-16-19(25)29-18(23-16)12-4-3-11(24(26)27)9-15(12)22/h2-4,6-9H,1,5H2/b16-8-. The number of nitrogens with zero attached hydrogens (tertiary/aromatic N) is 2. The fourth-order valence-corrected chi connectivity index (χ4v) is 4.12. The molecule has 10 heteroatoms. The summed E-state index contributed by atoms with van der Waals surface area (Å²) in [6, 6.07) is 7.33. The summed E-state index contributed by atoms with van der Waals surface area (Å²) in [5, 5.41) is 10.9. The summed E-state index contributed by atoms with van der Waals surface area (Å²) in [5.74, 6) is -0.0817. The third-order valence-corrected chi connectivity index (χ3v) is 5.17. The molecule has 7 nitrogen and oxygen atoms in total. The smallest absolute Gasteiger partial charge is 0.363 e. The lowest BCUT2D eigenvalue weighted by molar-refractivity contribution is -0.384. The van der Waals surface area contributed by atoms with Gasteiger partial charge in [-0.2, -0.15) is 0 Å². The lowest BCUT2D eigenvalue weighted by atomic mass is 10.2. The highest BCUT2D eigenvalue weighted by atomic mass is 79.9. The molecule has 0 unspecified atom stereocenters. The van der Waals surface area contributed by atoms with Crippen LogP contribution < -0.4 is 4.74 Å². The van der Waals surface area contributed by atoms with Crippen molar-refractivity contribution >= 4 is 67.1 Å². The zero-order valence-electron chi connectivity index (χ0n) is 14.5. The number of halogens is 3. The Hall–Kier alpha value is -2.49. The maximum absolute atomic E-state index is 12.2. The van der Waals surface area contributed by atoms with Crippen LogP contribution in [-0.2, 0) is 9.53 Å². The normalized spacial score (nSPS) is 14.5. The Balaban J connectivity index is 1.93. The number of rotatable bonds is 6. The number of benzene rings is 2. The van der Waals surface area contributed by atoms with E-state index in [4.69, 9.17) is 21.1 Å². The van der Waals surface area contributed by atoms with Crippen molar-refractivity contribution in [2.24, 2.45) is 4.99 Å². The van der Waals surface area contributed by atoms with Gasteiger partial charge in [0.1, 0.15) is 12.4 Å². The van der Waals surface area contributed by atoms with E-state index in [1.165, 1.54) is 18.2 Å². The highest BCUT2D eigenvalue weighted by Crippen LogP contribution is 2.36. The van der Waals surface area contributed by atoms with E-state index in [1.807, 2.05) is 0 Å². The van der Waals surface area contributed by atoms with Crippen molar-refractivity contribution < 1.29 is 19.2 Å². The zero-order valence-corrected chi connectivity index (χ0v) is 18.5. The topological polar surface area (TPSA) is 91.0 Å². The van der Waals surface area contributed by atoms with E-state index >= 15 is 0 Å². The molecule has 0 aliphatic carbocycles. The number of nitro groups is 1. The van der Waals surface area contributed by atoms with Crippen LogP contribution in [-0.4, -0.2) is 23.4 Å². The van der Waals surface area contributed by atoms with Crippen LogP contribution in [0.5, 0.6) is 5.75 Å². The van der Waals surface area contributed by atoms with Crippen LogP contribution in [0.2, 0.25) is 5.02 Å². The van der Waals surface area contributed by atoms with Crippen molar-refractivity contribution in [1.82, 2.24) is 0 Å². The molecular weight excluding hydrogens is 531 g/mol. The van der Waals surface area contributed by atoms with Gasteiger partial charge in [-0.25, -0.2) is 9.79 Å². The molecule has 0 saturated carbocycles. The number of nitro benzene ring substituents is 1. The summed E-state index contributed by atoms with van der Waals surface area (Å²) >= 11 is 12.9. The van der Waals surface area contributed by atoms with Gasteiger partial charge in [0.2, 0.25) is 5.90 Å². The summed E-state index contributed by atoms with van der Waals surface area (Å²) in [5.41, 5.74) is 0.840. The van der Waals surface area contributed by atoms with Crippen LogP contribution in [0, 0.1) is 10.1 Å². The number of non-ortho nitro benzene ring substituents is 1. The predicted molar refractivity (Wildman–Crippen MR) is 116 cm³/mol. The number of cyclic esters (lactones) is 1. The second kappa shape index (κ2) is 8.89. The third-order valence-electron chi connectivity index (χ3n) is 3.68. The average Bonchev–Trinajstić information content (AvgIpc) is 3.01. The molecule has 2 aromatic rings. The van der Waals surface area contributed by atoms with Gasteiger partial charge in [-0.05, 0) is 61.7 Å². The Labute approximate surface area is 187 Å². The molecule has 0 aromatic heterocycles. The first kappa shape index (κ1) is 21.2. The Morgan fingerprint density at radius 1 is 1.28 bits per heavy atom. The number of carbonyl (C=O) groups is 1. The number of carbonyl (C=O) groups excluding carboxylic acids is 1. The van der Waals surface area contributed by atoms with Crippen molar-refractivity contribution in [3.8, 4) is 5.75 Å². The second-order valence-corrected chi connectivity index (χ2v) is 7.79. The van der Waals surface area contributed by atoms with E-state index in [-0.39, 0.29) is 27.9 Å². The fraction of sp³-hybridized carbons (Fsp3) is 0.0526. The maximum Gasteiger partial charge on any atom is 0.363 e. The third kappa shape index (κ3) is 4.75. The Kier molecular flexibility index (Phi) is 6.51. The first-order valence-corrected chi connectivity index (χ1v) is 9.96. The molecule has 0 spiro atoms. The minimum atomic E-state index is -0.659. The van der Waals surface area contributed by atoms with Crippen LogP contribution in [0.3, 0.4) is 0 Å². The van der Waals surface area contributed by atoms with Crippen LogP contribution >= 0.6 is 43.5 Å². The van der Waals surface area contributed by atoms with Gasteiger partial charge < -0.3 is 9.47 Å². The second-order valence-electron chi connectivity index (χ2n) is 5.67. The summed E-state index contributed by atoms with van der Waals surface area (Å²) in [6.45, 7) is 3.95. The summed E-state index contributed by atoms with van der Waals surface area (Å²) in [6.07, 6.45) is 3.17. The molecule has 0 radical (unpaired) electrons. The molecule has 29 heavy (non-hydrogen) atoms. The molecule has 0 atom stereocenters. The number of esters is 1. The van der Waals surface area contributed by atoms with Crippen molar-refractivity contribution in [2.45, 2.75) is 0 Å². The van der Waals surface area contributed by atoms with E-state index in [0.717, 1.165) is 0 Å². The van der Waals surface area contributed by atoms with Crippen LogP contribution in [0.15, 0.2) is 62.6 Å². The van der Waals surface area contributed by atoms with Gasteiger partial charge >= 0.3 is 5.97 Å². The summed E-state index contributed by atoms with van der Waals surface area (Å²) < 4.78 is 12.1. The maximum atomic E-state index is 12.2. The zero-order chi connectivity index (χ0) is 21.1.